The summed E-state index contributed by atoms with van der Waals surface area (Å²) in [5.74, 6) is 0.497. The third kappa shape index (κ3) is 3.29. The van der Waals surface area contributed by atoms with Crippen molar-refractivity contribution in [3.8, 4) is 5.75 Å². The van der Waals surface area contributed by atoms with Crippen LogP contribution in [0.5, 0.6) is 5.75 Å². The molecule has 0 aromatic heterocycles. The summed E-state index contributed by atoms with van der Waals surface area (Å²) >= 11 is 0. The second kappa shape index (κ2) is 5.80. The number of benzene rings is 1. The lowest BCUT2D eigenvalue weighted by Gasteiger charge is -2.16. The highest BCUT2D eigenvalue weighted by Gasteiger charge is 2.37. The van der Waals surface area contributed by atoms with Crippen LogP contribution in [0.3, 0.4) is 0 Å². The van der Waals surface area contributed by atoms with Crippen LogP contribution in [0.25, 0.3) is 0 Å². The molecule has 6 nitrogen and oxygen atoms in total. The minimum absolute atomic E-state index is 0.0626. The number of sulfonamides is 1. The lowest BCUT2D eigenvalue weighted by atomic mass is 10.3. The van der Waals surface area contributed by atoms with Gasteiger partial charge in [0.15, 0.2) is 0 Å². The molecule has 1 aliphatic rings. The Morgan fingerprint density at radius 3 is 2.50 bits per heavy atom. The van der Waals surface area contributed by atoms with Gasteiger partial charge >= 0.3 is 0 Å². The Morgan fingerprint density at radius 2 is 2.00 bits per heavy atom. The van der Waals surface area contributed by atoms with E-state index in [1.807, 2.05) is 6.92 Å². The Morgan fingerprint density at radius 1 is 1.35 bits per heavy atom. The minimum Gasteiger partial charge on any atom is -0.494 e. The number of hydrogen-bond donors (Lipinski definition) is 1. The molecule has 20 heavy (non-hydrogen) atoms. The number of carbonyl (C=O) groups excluding carboxylic acids is 1. The summed E-state index contributed by atoms with van der Waals surface area (Å²) in [5, 5.41) is 4.27. The van der Waals surface area contributed by atoms with Gasteiger partial charge in [-0.3, -0.25) is 4.79 Å². The van der Waals surface area contributed by atoms with Gasteiger partial charge in [0.25, 0.3) is 0 Å². The second-order valence-corrected chi connectivity index (χ2v) is 6.61. The van der Waals surface area contributed by atoms with E-state index in [4.69, 9.17) is 9.88 Å². The Balaban J connectivity index is 2.10. The molecule has 1 amide bonds. The summed E-state index contributed by atoms with van der Waals surface area (Å²) < 4.78 is 28.1. The van der Waals surface area contributed by atoms with Crippen LogP contribution in [-0.2, 0) is 14.8 Å². The number of amides is 1. The van der Waals surface area contributed by atoms with Gasteiger partial charge < -0.3 is 9.64 Å². The summed E-state index contributed by atoms with van der Waals surface area (Å²) in [7, 11) is -3.68. The standard InChI is InChI=1S/C13H18N2O4S/c1-2-7-19-11-5-3-10(4-6-11)15-9-12(8-13(15)16)20(14,17)18/h3-6,12H,2,7-9H2,1H3,(H2,14,17,18). The molecule has 2 rings (SSSR count). The molecule has 1 aromatic carbocycles. The maximum atomic E-state index is 11.9. The first-order valence-corrected chi connectivity index (χ1v) is 8.07. The fraction of sp³-hybridized carbons (Fsp3) is 0.462. The molecule has 1 aromatic rings. The van der Waals surface area contributed by atoms with Gasteiger partial charge in [-0.05, 0) is 30.7 Å². The van der Waals surface area contributed by atoms with Gasteiger partial charge in [0.1, 0.15) is 11.0 Å². The number of anilines is 1. The van der Waals surface area contributed by atoms with Crippen molar-refractivity contribution < 1.29 is 17.9 Å². The normalized spacial score (nSPS) is 19.4. The van der Waals surface area contributed by atoms with Gasteiger partial charge in [-0.2, -0.15) is 0 Å². The topological polar surface area (TPSA) is 89.7 Å². The summed E-state index contributed by atoms with van der Waals surface area (Å²) in [4.78, 5) is 13.3. The number of rotatable bonds is 5. The molecule has 0 radical (unpaired) electrons. The van der Waals surface area contributed by atoms with Crippen LogP contribution in [-0.4, -0.2) is 32.7 Å². The molecule has 0 saturated carbocycles. The zero-order chi connectivity index (χ0) is 14.8. The zero-order valence-corrected chi connectivity index (χ0v) is 12.1. The predicted octanol–water partition coefficient (Wildman–Crippen LogP) is 0.869. The molecule has 0 aliphatic carbocycles. The van der Waals surface area contributed by atoms with E-state index in [1.165, 1.54) is 4.90 Å². The monoisotopic (exact) mass is 298 g/mol. The SMILES string of the molecule is CCCOc1ccc(N2CC(S(N)(=O)=O)CC2=O)cc1. The molecule has 7 heteroatoms. The van der Waals surface area contributed by atoms with Crippen molar-refractivity contribution in [1.29, 1.82) is 0 Å². The molecule has 1 atom stereocenters. The number of nitrogens with two attached hydrogens (primary N) is 1. The smallest absolute Gasteiger partial charge is 0.228 e. The highest BCUT2D eigenvalue weighted by Crippen LogP contribution is 2.26. The van der Waals surface area contributed by atoms with E-state index in [9.17, 15) is 13.2 Å². The van der Waals surface area contributed by atoms with Crippen LogP contribution in [0.4, 0.5) is 5.69 Å². The number of carbonyl (C=O) groups is 1. The first-order chi connectivity index (χ1) is 9.41. The molecule has 2 N–H and O–H groups in total. The maximum absolute atomic E-state index is 11.9. The minimum atomic E-state index is -3.68. The lowest BCUT2D eigenvalue weighted by Crippen LogP contribution is -2.32. The van der Waals surface area contributed by atoms with Crippen LogP contribution in [0.15, 0.2) is 24.3 Å². The van der Waals surface area contributed by atoms with Crippen molar-refractivity contribution in [2.45, 2.75) is 25.0 Å². The number of nitrogens with zero attached hydrogens (tertiary/aromatic N) is 1. The number of hydrogen-bond acceptors (Lipinski definition) is 4. The van der Waals surface area contributed by atoms with Crippen molar-refractivity contribution in [1.82, 2.24) is 0 Å². The van der Waals surface area contributed by atoms with Crippen LogP contribution < -0.4 is 14.8 Å². The average molecular weight is 298 g/mol. The Hall–Kier alpha value is -1.60. The molecule has 1 fully saturated rings. The highest BCUT2D eigenvalue weighted by molar-refractivity contribution is 7.89. The Bertz CT molecular complexity index is 583. The van der Waals surface area contributed by atoms with E-state index in [-0.39, 0.29) is 18.9 Å². The van der Waals surface area contributed by atoms with Gasteiger partial charge in [-0.1, -0.05) is 6.92 Å². The van der Waals surface area contributed by atoms with Crippen molar-refractivity contribution in [2.24, 2.45) is 5.14 Å². The van der Waals surface area contributed by atoms with E-state index in [1.54, 1.807) is 24.3 Å². The molecule has 1 unspecified atom stereocenters. The zero-order valence-electron chi connectivity index (χ0n) is 11.3. The molecule has 110 valence electrons. The molecular weight excluding hydrogens is 280 g/mol. The summed E-state index contributed by atoms with van der Waals surface area (Å²) in [6.07, 6.45) is 0.856. The van der Waals surface area contributed by atoms with Gasteiger partial charge in [0.2, 0.25) is 15.9 Å². The quantitative estimate of drug-likeness (QED) is 0.873. The molecular formula is C13H18N2O4S. The van der Waals surface area contributed by atoms with Crippen LogP contribution in [0, 0.1) is 0 Å². The van der Waals surface area contributed by atoms with Crippen LogP contribution in [0.1, 0.15) is 19.8 Å². The molecule has 0 spiro atoms. The first kappa shape index (κ1) is 14.8. The van der Waals surface area contributed by atoms with Crippen molar-refractivity contribution >= 4 is 21.6 Å². The van der Waals surface area contributed by atoms with E-state index in [0.29, 0.717) is 12.3 Å². The third-order valence-corrected chi connectivity index (χ3v) is 4.42. The van der Waals surface area contributed by atoms with E-state index >= 15 is 0 Å². The fourth-order valence-corrected chi connectivity index (χ4v) is 2.82. The summed E-state index contributed by atoms with van der Waals surface area (Å²) in [6, 6.07) is 7.02. The molecule has 1 saturated heterocycles. The second-order valence-electron chi connectivity index (χ2n) is 4.76. The van der Waals surface area contributed by atoms with Crippen LogP contribution >= 0.6 is 0 Å². The number of primary sulfonamides is 1. The Labute approximate surface area is 118 Å². The van der Waals surface area contributed by atoms with Crippen molar-refractivity contribution in [3.05, 3.63) is 24.3 Å². The van der Waals surface area contributed by atoms with Gasteiger partial charge in [0.05, 0.1) is 6.61 Å². The summed E-state index contributed by atoms with van der Waals surface area (Å²) in [6.45, 7) is 2.76. The number of ether oxygens (including phenoxy) is 1. The van der Waals surface area contributed by atoms with E-state index < -0.39 is 15.3 Å². The molecule has 0 bridgehead atoms. The largest absolute Gasteiger partial charge is 0.494 e. The molecule has 1 aliphatic heterocycles. The van der Waals surface area contributed by atoms with E-state index in [2.05, 4.69) is 0 Å². The average Bonchev–Trinajstić information content (AvgIpc) is 2.79. The Kier molecular flexibility index (Phi) is 4.29. The van der Waals surface area contributed by atoms with Crippen molar-refractivity contribution in [3.63, 3.8) is 0 Å². The highest BCUT2D eigenvalue weighted by atomic mass is 32.2. The molecule has 1 heterocycles. The third-order valence-electron chi connectivity index (χ3n) is 3.18. The van der Waals surface area contributed by atoms with E-state index in [0.717, 1.165) is 12.2 Å². The van der Waals surface area contributed by atoms with Gasteiger partial charge in [0, 0.05) is 18.7 Å². The van der Waals surface area contributed by atoms with Crippen molar-refractivity contribution in [2.75, 3.05) is 18.1 Å². The van der Waals surface area contributed by atoms with Gasteiger partial charge in [-0.25, -0.2) is 13.6 Å². The fourth-order valence-electron chi connectivity index (χ4n) is 2.09. The van der Waals surface area contributed by atoms with Crippen LogP contribution in [0.2, 0.25) is 0 Å². The predicted molar refractivity (Wildman–Crippen MR) is 76.1 cm³/mol. The summed E-state index contributed by atoms with van der Waals surface area (Å²) in [5.41, 5.74) is 0.657. The lowest BCUT2D eigenvalue weighted by molar-refractivity contribution is -0.117. The van der Waals surface area contributed by atoms with Gasteiger partial charge in [-0.15, -0.1) is 0 Å². The first-order valence-electron chi connectivity index (χ1n) is 6.46. The maximum Gasteiger partial charge on any atom is 0.228 e.